The van der Waals surface area contributed by atoms with Gasteiger partial charge in [0.2, 0.25) is 11.8 Å². The van der Waals surface area contributed by atoms with Gasteiger partial charge in [-0.05, 0) is 36.8 Å². The van der Waals surface area contributed by atoms with Gasteiger partial charge in [0.1, 0.15) is 18.7 Å². The zero-order valence-corrected chi connectivity index (χ0v) is 20.0. The monoisotopic (exact) mass is 486 g/mol. The molecule has 0 N–H and O–H groups in total. The van der Waals surface area contributed by atoms with Gasteiger partial charge in [-0.2, -0.15) is 5.10 Å². The molecule has 0 unspecified atom stereocenters. The smallest absolute Gasteiger partial charge is 0.230 e. The van der Waals surface area contributed by atoms with Gasteiger partial charge in [0.15, 0.2) is 11.5 Å². The highest BCUT2D eigenvalue weighted by atomic mass is 16.5. The molecule has 1 aliphatic rings. The Kier molecular flexibility index (Phi) is 4.95. The molecule has 0 aliphatic carbocycles. The fourth-order valence-electron chi connectivity index (χ4n) is 4.87. The summed E-state index contributed by atoms with van der Waals surface area (Å²) in [5.74, 6) is 2.30. The third-order valence-electron chi connectivity index (χ3n) is 6.51. The zero-order valence-electron chi connectivity index (χ0n) is 20.0. The van der Waals surface area contributed by atoms with Crippen molar-refractivity contribution in [1.29, 1.82) is 0 Å². The van der Waals surface area contributed by atoms with E-state index in [1.165, 1.54) is 0 Å². The van der Waals surface area contributed by atoms with E-state index in [1.807, 2.05) is 90.5 Å². The lowest BCUT2D eigenvalue weighted by atomic mass is 9.84. The van der Waals surface area contributed by atoms with Crippen LogP contribution in [0.1, 0.15) is 34.1 Å². The summed E-state index contributed by atoms with van der Waals surface area (Å²) < 4.78 is 15.9. The van der Waals surface area contributed by atoms with Crippen molar-refractivity contribution in [1.82, 2.24) is 29.4 Å². The van der Waals surface area contributed by atoms with Crippen LogP contribution in [0, 0.1) is 6.92 Å². The van der Waals surface area contributed by atoms with Gasteiger partial charge in [0.05, 0.1) is 28.4 Å². The van der Waals surface area contributed by atoms with E-state index in [4.69, 9.17) is 19.6 Å². The number of rotatable bonds is 5. The highest BCUT2D eigenvalue weighted by Gasteiger charge is 2.38. The molecule has 0 saturated carbocycles. The molecule has 6 aromatic rings. The number of hydrogen-bond acceptors (Lipinski definition) is 6. The zero-order chi connectivity index (χ0) is 24.8. The number of aryl methyl sites for hydroxylation is 1. The Balaban J connectivity index is 1.38. The molecule has 4 heterocycles. The molecule has 8 nitrogen and oxygen atoms in total. The van der Waals surface area contributed by atoms with Crippen LogP contribution in [0.3, 0.4) is 0 Å². The maximum Gasteiger partial charge on any atom is 0.230 e. The van der Waals surface area contributed by atoms with E-state index in [1.54, 1.807) is 10.8 Å². The van der Waals surface area contributed by atoms with Crippen LogP contribution in [0.15, 0.2) is 97.3 Å². The molecule has 0 saturated heterocycles. The fraction of sp³-hybridized carbons (Fsp3) is 0.103. The first-order chi connectivity index (χ1) is 18.3. The van der Waals surface area contributed by atoms with Crippen molar-refractivity contribution < 1.29 is 9.47 Å². The van der Waals surface area contributed by atoms with E-state index >= 15 is 0 Å². The van der Waals surface area contributed by atoms with Crippen molar-refractivity contribution >= 4 is 5.65 Å². The molecule has 3 aromatic carbocycles. The van der Waals surface area contributed by atoms with Crippen LogP contribution in [-0.4, -0.2) is 29.4 Å². The summed E-state index contributed by atoms with van der Waals surface area (Å²) in [5, 5.41) is 9.51. The minimum absolute atomic E-state index is 0.180. The average Bonchev–Trinajstić information content (AvgIpc) is 3.53. The first-order valence-corrected chi connectivity index (χ1v) is 12.1. The molecule has 0 fully saturated rings. The first-order valence-electron chi connectivity index (χ1n) is 12.1. The van der Waals surface area contributed by atoms with Crippen molar-refractivity contribution in [2.45, 2.75) is 19.4 Å². The largest absolute Gasteiger partial charge is 0.486 e. The van der Waals surface area contributed by atoms with E-state index in [-0.39, 0.29) is 12.5 Å². The SMILES string of the molecule is Cc1nn(-c2ccccc2)c2c1[C@@H](c1ccccc1)c1c(ncn3nc(COc4ccccc4)nc13)O2. The molecule has 8 heteroatoms. The lowest BCUT2D eigenvalue weighted by Gasteiger charge is -2.26. The van der Waals surface area contributed by atoms with Crippen molar-refractivity contribution in [3.63, 3.8) is 0 Å². The van der Waals surface area contributed by atoms with Gasteiger partial charge in [-0.3, -0.25) is 0 Å². The fourth-order valence-corrected chi connectivity index (χ4v) is 4.87. The summed E-state index contributed by atoms with van der Waals surface area (Å²) in [6, 6.07) is 29.9. The second-order valence-corrected chi connectivity index (χ2v) is 8.86. The summed E-state index contributed by atoms with van der Waals surface area (Å²) in [6.45, 7) is 2.26. The van der Waals surface area contributed by atoms with Gasteiger partial charge in [-0.25, -0.2) is 19.2 Å². The molecule has 3 aromatic heterocycles. The van der Waals surface area contributed by atoms with Gasteiger partial charge in [-0.15, -0.1) is 5.10 Å². The lowest BCUT2D eigenvalue weighted by Crippen LogP contribution is -2.16. The van der Waals surface area contributed by atoms with E-state index < -0.39 is 0 Å². The van der Waals surface area contributed by atoms with E-state index in [0.29, 0.717) is 23.2 Å². The number of benzene rings is 3. The third-order valence-corrected chi connectivity index (χ3v) is 6.51. The minimum atomic E-state index is -0.180. The highest BCUT2D eigenvalue weighted by Crippen LogP contribution is 2.49. The first kappa shape index (κ1) is 21.3. The van der Waals surface area contributed by atoms with Gasteiger partial charge < -0.3 is 9.47 Å². The molecule has 0 radical (unpaired) electrons. The summed E-state index contributed by atoms with van der Waals surface area (Å²) >= 11 is 0. The van der Waals surface area contributed by atoms with Gasteiger partial charge in [0, 0.05) is 0 Å². The van der Waals surface area contributed by atoms with Crippen LogP contribution in [0.4, 0.5) is 0 Å². The Morgan fingerprint density at radius 3 is 2.30 bits per heavy atom. The Bertz CT molecular complexity index is 1710. The molecule has 0 bridgehead atoms. The normalized spacial score (nSPS) is 14.1. The predicted octanol–water partition coefficient (Wildman–Crippen LogP) is 5.48. The molecule has 0 spiro atoms. The van der Waals surface area contributed by atoms with Crippen molar-refractivity contribution in [3.05, 3.63) is 126 Å². The van der Waals surface area contributed by atoms with Gasteiger partial charge >= 0.3 is 0 Å². The van der Waals surface area contributed by atoms with E-state index in [2.05, 4.69) is 22.2 Å². The summed E-state index contributed by atoms with van der Waals surface area (Å²) in [7, 11) is 0. The molecular weight excluding hydrogens is 464 g/mol. The van der Waals surface area contributed by atoms with Gasteiger partial charge in [0.25, 0.3) is 0 Å². The third kappa shape index (κ3) is 3.61. The number of hydrogen-bond donors (Lipinski definition) is 0. The van der Waals surface area contributed by atoms with Crippen LogP contribution in [0.5, 0.6) is 17.5 Å². The predicted molar refractivity (Wildman–Crippen MR) is 137 cm³/mol. The second kappa shape index (κ2) is 8.60. The van der Waals surface area contributed by atoms with Crippen molar-refractivity contribution in [3.8, 4) is 23.2 Å². The van der Waals surface area contributed by atoms with Crippen molar-refractivity contribution in [2.24, 2.45) is 0 Å². The minimum Gasteiger partial charge on any atom is -0.486 e. The Morgan fingerprint density at radius 1 is 0.838 bits per heavy atom. The topological polar surface area (TPSA) is 79.4 Å². The number of fused-ring (bicyclic) bond motifs is 4. The van der Waals surface area contributed by atoms with E-state index in [0.717, 1.165) is 33.8 Å². The molecule has 37 heavy (non-hydrogen) atoms. The number of para-hydroxylation sites is 2. The van der Waals surface area contributed by atoms with E-state index in [9.17, 15) is 0 Å². The number of nitrogens with zero attached hydrogens (tertiary/aromatic N) is 6. The van der Waals surface area contributed by atoms with Crippen molar-refractivity contribution in [2.75, 3.05) is 0 Å². The quantitative estimate of drug-likeness (QED) is 0.320. The maximum absolute atomic E-state index is 6.46. The molecule has 180 valence electrons. The van der Waals surface area contributed by atoms with Crippen LogP contribution in [-0.2, 0) is 6.61 Å². The summed E-state index contributed by atoms with van der Waals surface area (Å²) in [6.07, 6.45) is 1.64. The highest BCUT2D eigenvalue weighted by molar-refractivity contribution is 5.66. The summed E-state index contributed by atoms with van der Waals surface area (Å²) in [4.78, 5) is 9.52. The molecule has 1 aliphatic heterocycles. The van der Waals surface area contributed by atoms with Crippen LogP contribution in [0.25, 0.3) is 11.3 Å². The van der Waals surface area contributed by atoms with Crippen LogP contribution >= 0.6 is 0 Å². The number of aromatic nitrogens is 6. The standard InChI is InChI=1S/C29H22N6O2/c1-19-24-25(20-11-5-2-6-12-20)26-27-31-23(17-36-22-15-9-4-10-16-22)33-34(27)18-30-28(26)37-29(24)35(32-19)21-13-7-3-8-14-21/h2-16,18,25H,17H2,1H3/t25-/m1/s1. The Hall–Kier alpha value is -4.98. The molecule has 0 amide bonds. The summed E-state index contributed by atoms with van der Waals surface area (Å²) in [5.41, 5.74) is 5.43. The van der Waals surface area contributed by atoms with Crippen LogP contribution < -0.4 is 9.47 Å². The van der Waals surface area contributed by atoms with Gasteiger partial charge in [-0.1, -0.05) is 66.7 Å². The Labute approximate surface area is 212 Å². The Morgan fingerprint density at radius 2 is 1.54 bits per heavy atom. The maximum atomic E-state index is 6.46. The lowest BCUT2D eigenvalue weighted by molar-refractivity contribution is 0.296. The second-order valence-electron chi connectivity index (χ2n) is 8.86. The molecule has 7 rings (SSSR count). The average molecular weight is 487 g/mol. The number of ether oxygens (including phenoxy) is 2. The van der Waals surface area contributed by atoms with Crippen LogP contribution in [0.2, 0.25) is 0 Å². The molecular formula is C29H22N6O2. The molecule has 1 atom stereocenters.